The predicted molar refractivity (Wildman–Crippen MR) is 93.2 cm³/mol. The Kier molecular flexibility index (Phi) is 4.04. The SMILES string of the molecule is N#Cc1ccc(N2C[C@@H]3[C@@H]4C=C[C@@H](C4)SC[C@H]3S2(=O)=O)cc1C(F)(F)F. The van der Waals surface area contributed by atoms with Gasteiger partial charge in [0.05, 0.1) is 28.1 Å². The van der Waals surface area contributed by atoms with E-state index < -0.39 is 32.6 Å². The Hall–Kier alpha value is -1.66. The number of alkyl halides is 3. The zero-order valence-corrected chi connectivity index (χ0v) is 15.1. The zero-order chi connectivity index (χ0) is 18.7. The van der Waals surface area contributed by atoms with E-state index in [0.29, 0.717) is 11.0 Å². The number of sulfonamides is 1. The fourth-order valence-corrected chi connectivity index (χ4v) is 8.05. The Labute approximate surface area is 153 Å². The van der Waals surface area contributed by atoms with Gasteiger partial charge in [-0.2, -0.15) is 30.2 Å². The first-order valence-corrected chi connectivity index (χ1v) is 10.7. The van der Waals surface area contributed by atoms with Crippen LogP contribution < -0.4 is 4.31 Å². The second-order valence-corrected chi connectivity index (χ2v) is 10.1. The van der Waals surface area contributed by atoms with Crippen LogP contribution in [0.15, 0.2) is 30.4 Å². The summed E-state index contributed by atoms with van der Waals surface area (Å²) in [6, 6.07) is 4.63. The number of fused-ring (bicyclic) bond motifs is 4. The van der Waals surface area contributed by atoms with E-state index in [1.807, 2.05) is 6.08 Å². The van der Waals surface area contributed by atoms with E-state index in [1.165, 1.54) is 12.1 Å². The average Bonchev–Trinajstić information content (AvgIpc) is 3.06. The lowest BCUT2D eigenvalue weighted by molar-refractivity contribution is -0.137. The topological polar surface area (TPSA) is 61.2 Å². The van der Waals surface area contributed by atoms with Crippen molar-refractivity contribution in [3.63, 3.8) is 0 Å². The highest BCUT2D eigenvalue weighted by molar-refractivity contribution is 8.01. The van der Waals surface area contributed by atoms with E-state index in [2.05, 4.69) is 6.08 Å². The van der Waals surface area contributed by atoms with Crippen molar-refractivity contribution in [1.29, 1.82) is 5.26 Å². The first-order valence-electron chi connectivity index (χ1n) is 8.14. The standard InChI is InChI=1S/C17H15F3N2O2S2/c18-17(19,20)15-6-12(3-1-11(15)7-21)22-8-14-10-2-4-13(5-10)25-9-16(14)26(22,23)24/h1-4,6,10,13-14,16H,5,8-9H2/t10-,13+,14-,16-/m1/s1. The zero-order valence-electron chi connectivity index (χ0n) is 13.5. The maximum atomic E-state index is 13.2. The van der Waals surface area contributed by atoms with Crippen molar-refractivity contribution in [3.05, 3.63) is 41.5 Å². The van der Waals surface area contributed by atoms with E-state index in [4.69, 9.17) is 5.26 Å². The molecule has 2 heterocycles. The first-order chi connectivity index (χ1) is 12.2. The second kappa shape index (κ2) is 5.92. The smallest absolute Gasteiger partial charge is 0.270 e. The van der Waals surface area contributed by atoms with Crippen LogP contribution in [0.1, 0.15) is 17.5 Å². The molecule has 138 valence electrons. The number of halogens is 3. The largest absolute Gasteiger partial charge is 0.417 e. The molecule has 1 aliphatic carbocycles. The molecule has 2 saturated heterocycles. The molecule has 0 aromatic heterocycles. The monoisotopic (exact) mass is 400 g/mol. The fourth-order valence-electron chi connectivity index (χ4n) is 4.04. The number of hydrogen-bond donors (Lipinski definition) is 0. The van der Waals surface area contributed by atoms with Gasteiger partial charge >= 0.3 is 6.18 Å². The van der Waals surface area contributed by atoms with Gasteiger partial charge in [0, 0.05) is 23.5 Å². The molecule has 9 heteroatoms. The molecule has 4 atom stereocenters. The van der Waals surface area contributed by atoms with Crippen molar-refractivity contribution in [3.8, 4) is 6.07 Å². The summed E-state index contributed by atoms with van der Waals surface area (Å²) >= 11 is 1.60. The van der Waals surface area contributed by atoms with Crippen LogP contribution in [-0.2, 0) is 16.2 Å². The number of nitriles is 1. The minimum atomic E-state index is -4.72. The van der Waals surface area contributed by atoms with Gasteiger partial charge in [-0.1, -0.05) is 12.2 Å². The molecule has 2 aliphatic heterocycles. The molecule has 0 radical (unpaired) electrons. The number of thioether (sulfide) groups is 1. The maximum Gasteiger partial charge on any atom is 0.417 e. The van der Waals surface area contributed by atoms with Gasteiger partial charge in [-0.05, 0) is 30.5 Å². The summed E-state index contributed by atoms with van der Waals surface area (Å²) in [7, 11) is -3.74. The third-order valence-electron chi connectivity index (χ3n) is 5.36. The molecule has 3 aliphatic rings. The Morgan fingerprint density at radius 2 is 2.04 bits per heavy atom. The van der Waals surface area contributed by atoms with E-state index >= 15 is 0 Å². The molecule has 4 rings (SSSR count). The molecule has 0 spiro atoms. The first kappa shape index (κ1) is 17.7. The lowest BCUT2D eigenvalue weighted by atomic mass is 9.89. The van der Waals surface area contributed by atoms with Crippen molar-refractivity contribution in [1.82, 2.24) is 0 Å². The van der Waals surface area contributed by atoms with Crippen LogP contribution in [0.4, 0.5) is 18.9 Å². The molecule has 2 fully saturated rings. The summed E-state index contributed by atoms with van der Waals surface area (Å²) in [5, 5.41) is 8.67. The van der Waals surface area contributed by atoms with Gasteiger partial charge in [0.2, 0.25) is 10.0 Å². The maximum absolute atomic E-state index is 13.2. The van der Waals surface area contributed by atoms with Gasteiger partial charge in [0.15, 0.2) is 0 Å². The molecule has 0 saturated carbocycles. The molecule has 0 amide bonds. The number of anilines is 1. The van der Waals surface area contributed by atoms with Crippen LogP contribution >= 0.6 is 11.8 Å². The van der Waals surface area contributed by atoms with E-state index in [0.717, 1.165) is 22.9 Å². The molecule has 1 aromatic rings. The molecular weight excluding hydrogens is 385 g/mol. The van der Waals surface area contributed by atoms with E-state index in [1.54, 1.807) is 11.8 Å². The number of nitrogens with zero attached hydrogens (tertiary/aromatic N) is 2. The lowest BCUT2D eigenvalue weighted by Crippen LogP contribution is -2.31. The fraction of sp³-hybridized carbons (Fsp3) is 0.471. The highest BCUT2D eigenvalue weighted by atomic mass is 32.2. The summed E-state index contributed by atoms with van der Waals surface area (Å²) < 4.78 is 66.8. The van der Waals surface area contributed by atoms with Crippen molar-refractivity contribution < 1.29 is 21.6 Å². The van der Waals surface area contributed by atoms with Crippen LogP contribution in [-0.4, -0.2) is 31.2 Å². The van der Waals surface area contributed by atoms with Crippen LogP contribution in [0.25, 0.3) is 0 Å². The van der Waals surface area contributed by atoms with Crippen molar-refractivity contribution in [2.75, 3.05) is 16.6 Å². The van der Waals surface area contributed by atoms with Crippen molar-refractivity contribution in [2.45, 2.75) is 23.1 Å². The quantitative estimate of drug-likeness (QED) is 0.678. The molecule has 2 bridgehead atoms. The molecule has 4 nitrogen and oxygen atoms in total. The van der Waals surface area contributed by atoms with Gasteiger partial charge in [-0.15, -0.1) is 0 Å². The molecule has 1 aromatic carbocycles. The van der Waals surface area contributed by atoms with Crippen LogP contribution in [0.5, 0.6) is 0 Å². The number of allylic oxidation sites excluding steroid dienone is 1. The van der Waals surface area contributed by atoms with Gasteiger partial charge < -0.3 is 0 Å². The second-order valence-electron chi connectivity index (χ2n) is 6.77. The predicted octanol–water partition coefficient (Wildman–Crippen LogP) is 3.40. The Bertz CT molecular complexity index is 921. The van der Waals surface area contributed by atoms with Crippen molar-refractivity contribution in [2.24, 2.45) is 11.8 Å². The minimum absolute atomic E-state index is 0.0204. The van der Waals surface area contributed by atoms with E-state index in [-0.39, 0.29) is 24.1 Å². The Morgan fingerprint density at radius 1 is 1.27 bits per heavy atom. The summed E-state index contributed by atoms with van der Waals surface area (Å²) in [4.78, 5) is 0. The highest BCUT2D eigenvalue weighted by Crippen LogP contribution is 2.47. The molecule has 26 heavy (non-hydrogen) atoms. The number of hydrogen-bond acceptors (Lipinski definition) is 4. The Balaban J connectivity index is 1.75. The summed E-state index contributed by atoms with van der Waals surface area (Å²) in [5.74, 6) is 0.471. The van der Waals surface area contributed by atoms with Crippen LogP contribution in [0, 0.1) is 23.2 Å². The third-order valence-corrected chi connectivity index (χ3v) is 9.16. The normalized spacial score (nSPS) is 32.2. The lowest BCUT2D eigenvalue weighted by Gasteiger charge is -2.21. The minimum Gasteiger partial charge on any atom is -0.270 e. The van der Waals surface area contributed by atoms with Crippen LogP contribution in [0.2, 0.25) is 0 Å². The summed E-state index contributed by atoms with van der Waals surface area (Å²) in [6.45, 7) is 0.179. The average molecular weight is 400 g/mol. The number of benzene rings is 1. The van der Waals surface area contributed by atoms with Crippen LogP contribution in [0.3, 0.4) is 0 Å². The highest BCUT2D eigenvalue weighted by Gasteiger charge is 2.51. The van der Waals surface area contributed by atoms with Gasteiger partial charge in [-0.3, -0.25) is 4.31 Å². The van der Waals surface area contributed by atoms with Gasteiger partial charge in [-0.25, -0.2) is 8.42 Å². The summed E-state index contributed by atoms with van der Waals surface area (Å²) in [6.07, 6.45) is 0.320. The van der Waals surface area contributed by atoms with E-state index in [9.17, 15) is 21.6 Å². The number of rotatable bonds is 1. The summed E-state index contributed by atoms with van der Waals surface area (Å²) in [5.41, 5.74) is -1.63. The van der Waals surface area contributed by atoms with Crippen molar-refractivity contribution >= 4 is 27.5 Å². The third kappa shape index (κ3) is 2.70. The Morgan fingerprint density at radius 3 is 2.73 bits per heavy atom. The molecular formula is C17H15F3N2O2S2. The van der Waals surface area contributed by atoms with Gasteiger partial charge in [0.25, 0.3) is 0 Å². The van der Waals surface area contributed by atoms with Gasteiger partial charge in [0.1, 0.15) is 0 Å². The molecule has 0 unspecified atom stereocenters. The molecule has 0 N–H and O–H groups in total.